The van der Waals surface area contributed by atoms with Gasteiger partial charge in [0.05, 0.1) is 21.8 Å². The topological polar surface area (TPSA) is 42.4 Å². The number of anilines is 1. The van der Waals surface area contributed by atoms with E-state index in [2.05, 4.69) is 19.9 Å². The number of benzene rings is 3. The van der Waals surface area contributed by atoms with Crippen molar-refractivity contribution < 1.29 is 9.53 Å². The number of para-hydroxylation sites is 1. The summed E-state index contributed by atoms with van der Waals surface area (Å²) in [5, 5.41) is 1.52. The van der Waals surface area contributed by atoms with Gasteiger partial charge in [-0.05, 0) is 41.3 Å². The largest absolute Gasteiger partial charge is 0.482 e. The number of thiazole rings is 1. The highest BCUT2D eigenvalue weighted by molar-refractivity contribution is 7.22. The van der Waals surface area contributed by atoms with Crippen LogP contribution in [-0.4, -0.2) is 17.5 Å². The summed E-state index contributed by atoms with van der Waals surface area (Å²) in [6.07, 6.45) is 0. The summed E-state index contributed by atoms with van der Waals surface area (Å²) in [6, 6.07) is 20.9. The summed E-state index contributed by atoms with van der Waals surface area (Å²) in [5.74, 6) is 0.544. The lowest BCUT2D eigenvalue weighted by Gasteiger charge is -2.20. The van der Waals surface area contributed by atoms with E-state index in [0.29, 0.717) is 33.4 Å². The molecule has 0 aliphatic heterocycles. The van der Waals surface area contributed by atoms with Gasteiger partial charge < -0.3 is 4.74 Å². The highest BCUT2D eigenvalue weighted by Gasteiger charge is 2.22. The van der Waals surface area contributed by atoms with E-state index in [1.54, 1.807) is 23.1 Å². The fourth-order valence-corrected chi connectivity index (χ4v) is 4.86. The van der Waals surface area contributed by atoms with Crippen LogP contribution in [0.15, 0.2) is 66.7 Å². The second kappa shape index (κ2) is 9.90. The van der Waals surface area contributed by atoms with Crippen molar-refractivity contribution in [1.29, 1.82) is 0 Å². The Labute approximate surface area is 201 Å². The first-order chi connectivity index (χ1) is 15.4. The molecule has 4 rings (SSSR count). The molecule has 0 atom stereocenters. The van der Waals surface area contributed by atoms with E-state index in [1.165, 1.54) is 16.9 Å². The molecule has 0 saturated heterocycles. The third-order valence-electron chi connectivity index (χ3n) is 5.02. The molecule has 3 aromatic carbocycles. The molecule has 32 heavy (non-hydrogen) atoms. The normalized spacial score (nSPS) is 11.2. The van der Waals surface area contributed by atoms with Gasteiger partial charge in [-0.15, -0.1) is 0 Å². The lowest BCUT2D eigenvalue weighted by atomic mass is 10.0. The molecule has 164 valence electrons. The van der Waals surface area contributed by atoms with Crippen LogP contribution in [0.1, 0.15) is 30.9 Å². The van der Waals surface area contributed by atoms with Crippen LogP contribution in [-0.2, 0) is 11.3 Å². The van der Waals surface area contributed by atoms with Crippen LogP contribution in [0, 0.1) is 0 Å². The van der Waals surface area contributed by atoms with Crippen molar-refractivity contribution in [3.05, 3.63) is 87.9 Å². The average molecular weight is 485 g/mol. The Hall–Kier alpha value is -2.60. The van der Waals surface area contributed by atoms with Gasteiger partial charge in [-0.3, -0.25) is 9.69 Å². The second-order valence-corrected chi connectivity index (χ2v) is 9.53. The minimum Gasteiger partial charge on any atom is -0.482 e. The van der Waals surface area contributed by atoms with Gasteiger partial charge in [0.15, 0.2) is 11.7 Å². The molecule has 0 unspecified atom stereocenters. The van der Waals surface area contributed by atoms with Crippen molar-refractivity contribution >= 4 is 55.8 Å². The Morgan fingerprint density at radius 3 is 2.56 bits per heavy atom. The molecule has 1 heterocycles. The smallest absolute Gasteiger partial charge is 0.267 e. The van der Waals surface area contributed by atoms with Crippen LogP contribution < -0.4 is 9.64 Å². The Balaban J connectivity index is 1.65. The number of hydrogen-bond donors (Lipinski definition) is 0. The minimum absolute atomic E-state index is 0.166. The number of fused-ring (bicyclic) bond motifs is 1. The SMILES string of the molecule is CC(C)c1cccc2sc(N(Cc3ccccc3)C(=O)COc3ccc(Cl)cc3Cl)nc12. The highest BCUT2D eigenvalue weighted by Crippen LogP contribution is 2.34. The molecule has 0 aliphatic rings. The molecule has 0 bridgehead atoms. The zero-order valence-corrected chi connectivity index (χ0v) is 20.0. The highest BCUT2D eigenvalue weighted by atomic mass is 35.5. The molecule has 0 fully saturated rings. The van der Waals surface area contributed by atoms with E-state index in [1.807, 2.05) is 42.5 Å². The number of aromatic nitrogens is 1. The van der Waals surface area contributed by atoms with Crippen molar-refractivity contribution in [3.63, 3.8) is 0 Å². The fourth-order valence-electron chi connectivity index (χ4n) is 3.38. The van der Waals surface area contributed by atoms with Crippen LogP contribution in [0.3, 0.4) is 0 Å². The molecule has 0 radical (unpaired) electrons. The molecule has 1 aromatic heterocycles. The molecule has 7 heteroatoms. The molecule has 0 N–H and O–H groups in total. The number of ether oxygens (including phenoxy) is 1. The van der Waals surface area contributed by atoms with Gasteiger partial charge in [-0.1, -0.05) is 90.9 Å². The maximum Gasteiger partial charge on any atom is 0.267 e. The van der Waals surface area contributed by atoms with Gasteiger partial charge >= 0.3 is 0 Å². The van der Waals surface area contributed by atoms with Gasteiger partial charge in [-0.25, -0.2) is 4.98 Å². The number of nitrogens with zero attached hydrogens (tertiary/aromatic N) is 2. The number of halogens is 2. The molecule has 4 aromatic rings. The van der Waals surface area contributed by atoms with E-state index in [-0.39, 0.29) is 12.5 Å². The molecular formula is C25H22Cl2N2O2S. The predicted molar refractivity (Wildman–Crippen MR) is 133 cm³/mol. The molecule has 4 nitrogen and oxygen atoms in total. The summed E-state index contributed by atoms with van der Waals surface area (Å²) >= 11 is 13.7. The Bertz CT molecular complexity index is 1240. The van der Waals surface area contributed by atoms with Gasteiger partial charge in [0.25, 0.3) is 5.91 Å². The van der Waals surface area contributed by atoms with E-state index in [4.69, 9.17) is 32.9 Å². The maximum atomic E-state index is 13.3. The van der Waals surface area contributed by atoms with E-state index in [0.717, 1.165) is 15.8 Å². The van der Waals surface area contributed by atoms with Crippen LogP contribution in [0.2, 0.25) is 10.0 Å². The number of carbonyl (C=O) groups excluding carboxylic acids is 1. The summed E-state index contributed by atoms with van der Waals surface area (Å²) in [5.41, 5.74) is 3.12. The van der Waals surface area contributed by atoms with Gasteiger partial charge in [0, 0.05) is 5.02 Å². The molecule has 0 spiro atoms. The molecular weight excluding hydrogens is 463 g/mol. The van der Waals surface area contributed by atoms with Crippen LogP contribution in [0.5, 0.6) is 5.75 Å². The summed E-state index contributed by atoms with van der Waals surface area (Å²) in [6.45, 7) is 4.52. The van der Waals surface area contributed by atoms with Crippen LogP contribution >= 0.6 is 34.5 Å². The number of amides is 1. The van der Waals surface area contributed by atoms with E-state index in [9.17, 15) is 4.79 Å². The van der Waals surface area contributed by atoms with Gasteiger partial charge in [-0.2, -0.15) is 0 Å². The fraction of sp³-hybridized carbons (Fsp3) is 0.200. The average Bonchev–Trinajstić information content (AvgIpc) is 3.21. The van der Waals surface area contributed by atoms with E-state index < -0.39 is 0 Å². The zero-order chi connectivity index (χ0) is 22.7. The van der Waals surface area contributed by atoms with Crippen molar-refractivity contribution in [1.82, 2.24) is 4.98 Å². The molecule has 1 amide bonds. The van der Waals surface area contributed by atoms with Gasteiger partial charge in [0.1, 0.15) is 5.75 Å². The summed E-state index contributed by atoms with van der Waals surface area (Å²) < 4.78 is 6.78. The van der Waals surface area contributed by atoms with Crippen LogP contribution in [0.25, 0.3) is 10.2 Å². The third-order valence-corrected chi connectivity index (χ3v) is 6.60. The van der Waals surface area contributed by atoms with Crippen molar-refractivity contribution in [2.24, 2.45) is 0 Å². The van der Waals surface area contributed by atoms with Crippen molar-refractivity contribution in [2.45, 2.75) is 26.3 Å². The standard InChI is InChI=1S/C25H22Cl2N2O2S/c1-16(2)19-9-6-10-22-24(19)28-25(32-22)29(14-17-7-4-3-5-8-17)23(30)15-31-21-12-11-18(26)13-20(21)27/h3-13,16H,14-15H2,1-2H3. The summed E-state index contributed by atoms with van der Waals surface area (Å²) in [7, 11) is 0. The maximum absolute atomic E-state index is 13.3. The van der Waals surface area contributed by atoms with Crippen molar-refractivity contribution in [3.8, 4) is 5.75 Å². The molecule has 0 saturated carbocycles. The molecule has 0 aliphatic carbocycles. The Morgan fingerprint density at radius 1 is 1.06 bits per heavy atom. The monoisotopic (exact) mass is 484 g/mol. The number of hydrogen-bond acceptors (Lipinski definition) is 4. The quantitative estimate of drug-likeness (QED) is 0.275. The lowest BCUT2D eigenvalue weighted by Crippen LogP contribution is -2.34. The Kier molecular flexibility index (Phi) is 6.99. The Morgan fingerprint density at radius 2 is 1.84 bits per heavy atom. The lowest BCUT2D eigenvalue weighted by molar-refractivity contribution is -0.120. The van der Waals surface area contributed by atoms with Crippen molar-refractivity contribution in [2.75, 3.05) is 11.5 Å². The van der Waals surface area contributed by atoms with E-state index >= 15 is 0 Å². The third kappa shape index (κ3) is 5.07. The van der Waals surface area contributed by atoms with Crippen LogP contribution in [0.4, 0.5) is 5.13 Å². The number of carbonyl (C=O) groups is 1. The number of rotatable bonds is 7. The first-order valence-corrected chi connectivity index (χ1v) is 11.8. The second-order valence-electron chi connectivity index (χ2n) is 7.67. The van der Waals surface area contributed by atoms with Gasteiger partial charge in [0.2, 0.25) is 0 Å². The minimum atomic E-state index is -0.204. The summed E-state index contributed by atoms with van der Waals surface area (Å²) in [4.78, 5) is 19.8. The first-order valence-electron chi connectivity index (χ1n) is 10.2. The first kappa shape index (κ1) is 22.6. The predicted octanol–water partition coefficient (Wildman–Crippen LogP) is 7.34. The zero-order valence-electron chi connectivity index (χ0n) is 17.7.